The maximum absolute atomic E-state index is 9.17. The van der Waals surface area contributed by atoms with Crippen LogP contribution in [0.1, 0.15) is 12.2 Å². The molecule has 0 saturated carbocycles. The summed E-state index contributed by atoms with van der Waals surface area (Å²) < 4.78 is 1.93. The van der Waals surface area contributed by atoms with Crippen LogP contribution in [0.25, 0.3) is 11.5 Å². The van der Waals surface area contributed by atoms with Crippen molar-refractivity contribution in [2.24, 2.45) is 5.92 Å². The highest BCUT2D eigenvalue weighted by molar-refractivity contribution is 5.47. The quantitative estimate of drug-likeness (QED) is 0.832. The lowest BCUT2D eigenvalue weighted by Gasteiger charge is -2.19. The van der Waals surface area contributed by atoms with Gasteiger partial charge in [-0.3, -0.25) is 4.98 Å². The monoisotopic (exact) mass is 230 g/mol. The average molecular weight is 230 g/mol. The number of nitrogens with zero attached hydrogens (tertiary/aromatic N) is 4. The molecule has 0 aromatic carbocycles. The van der Waals surface area contributed by atoms with Gasteiger partial charge in [-0.15, -0.1) is 5.10 Å². The predicted octanol–water partition coefficient (Wildman–Crippen LogP) is 0.895. The first-order valence-electron chi connectivity index (χ1n) is 5.83. The van der Waals surface area contributed by atoms with Crippen molar-refractivity contribution in [2.45, 2.75) is 19.4 Å². The summed E-state index contributed by atoms with van der Waals surface area (Å²) in [6.07, 6.45) is 3.51. The zero-order valence-electron chi connectivity index (χ0n) is 9.45. The molecule has 0 bridgehead atoms. The van der Waals surface area contributed by atoms with Gasteiger partial charge in [-0.2, -0.15) is 0 Å². The Kier molecular flexibility index (Phi) is 2.60. The number of hydrogen-bond donors (Lipinski definition) is 1. The zero-order valence-corrected chi connectivity index (χ0v) is 9.45. The number of fused-ring (bicyclic) bond motifs is 1. The highest BCUT2D eigenvalue weighted by Gasteiger charge is 2.21. The van der Waals surface area contributed by atoms with E-state index in [1.54, 1.807) is 6.20 Å². The van der Waals surface area contributed by atoms with Crippen molar-refractivity contribution < 1.29 is 5.11 Å². The lowest BCUT2D eigenvalue weighted by molar-refractivity contribution is 0.196. The van der Waals surface area contributed by atoms with Gasteiger partial charge in [-0.1, -0.05) is 6.07 Å². The van der Waals surface area contributed by atoms with Crippen molar-refractivity contribution in [1.29, 1.82) is 0 Å². The highest BCUT2D eigenvalue weighted by Crippen LogP contribution is 2.21. The van der Waals surface area contributed by atoms with Crippen molar-refractivity contribution in [1.82, 2.24) is 19.7 Å². The standard InChI is InChI=1S/C12H14N4O/c17-8-9-4-6-16-11(7-9)14-12(15-16)10-3-1-2-5-13-10/h1-3,5,9,17H,4,6-8H2. The van der Waals surface area contributed by atoms with Gasteiger partial charge in [0, 0.05) is 25.8 Å². The summed E-state index contributed by atoms with van der Waals surface area (Å²) in [7, 11) is 0. The van der Waals surface area contributed by atoms with Gasteiger partial charge in [-0.25, -0.2) is 9.67 Å². The molecule has 0 radical (unpaired) electrons. The van der Waals surface area contributed by atoms with Crippen LogP contribution in [0.4, 0.5) is 0 Å². The number of pyridine rings is 1. The lowest BCUT2D eigenvalue weighted by atomic mass is 9.99. The third-order valence-corrected chi connectivity index (χ3v) is 3.12. The Morgan fingerprint density at radius 1 is 1.41 bits per heavy atom. The molecule has 5 nitrogen and oxygen atoms in total. The number of rotatable bonds is 2. The molecule has 2 aromatic heterocycles. The van der Waals surface area contributed by atoms with Crippen LogP contribution in [0.5, 0.6) is 0 Å². The Balaban J connectivity index is 1.93. The molecule has 1 aliphatic rings. The first kappa shape index (κ1) is 10.4. The highest BCUT2D eigenvalue weighted by atomic mass is 16.3. The van der Waals surface area contributed by atoms with Gasteiger partial charge in [-0.05, 0) is 24.5 Å². The second-order valence-corrected chi connectivity index (χ2v) is 4.33. The third kappa shape index (κ3) is 1.93. The van der Waals surface area contributed by atoms with Gasteiger partial charge in [0.15, 0.2) is 5.82 Å². The summed E-state index contributed by atoms with van der Waals surface area (Å²) in [5, 5.41) is 13.6. The fourth-order valence-electron chi connectivity index (χ4n) is 2.13. The Bertz CT molecular complexity index is 508. The van der Waals surface area contributed by atoms with E-state index in [1.165, 1.54) is 0 Å². The van der Waals surface area contributed by atoms with E-state index in [2.05, 4.69) is 15.1 Å². The average Bonchev–Trinajstić information content (AvgIpc) is 2.82. The molecule has 88 valence electrons. The van der Waals surface area contributed by atoms with Crippen molar-refractivity contribution in [3.05, 3.63) is 30.2 Å². The first-order valence-corrected chi connectivity index (χ1v) is 5.83. The van der Waals surface area contributed by atoms with Crippen molar-refractivity contribution in [3.8, 4) is 11.5 Å². The van der Waals surface area contributed by atoms with Gasteiger partial charge in [0.05, 0.1) is 0 Å². The van der Waals surface area contributed by atoms with Crippen LogP contribution in [0.3, 0.4) is 0 Å². The van der Waals surface area contributed by atoms with E-state index in [4.69, 9.17) is 0 Å². The van der Waals surface area contributed by atoms with Gasteiger partial charge in [0.1, 0.15) is 11.5 Å². The van der Waals surface area contributed by atoms with Crippen molar-refractivity contribution in [2.75, 3.05) is 6.61 Å². The molecule has 0 spiro atoms. The number of hydrogen-bond acceptors (Lipinski definition) is 4. The first-order chi connectivity index (χ1) is 8.36. The third-order valence-electron chi connectivity index (χ3n) is 3.12. The molecule has 0 saturated heterocycles. The van der Waals surface area contributed by atoms with E-state index in [1.807, 2.05) is 22.9 Å². The fourth-order valence-corrected chi connectivity index (χ4v) is 2.13. The van der Waals surface area contributed by atoms with Crippen molar-refractivity contribution in [3.63, 3.8) is 0 Å². The van der Waals surface area contributed by atoms with Crippen LogP contribution in [-0.4, -0.2) is 31.5 Å². The summed E-state index contributed by atoms with van der Waals surface area (Å²) >= 11 is 0. The Morgan fingerprint density at radius 3 is 3.12 bits per heavy atom. The van der Waals surface area contributed by atoms with E-state index < -0.39 is 0 Å². The summed E-state index contributed by atoms with van der Waals surface area (Å²) in [6.45, 7) is 1.06. The van der Waals surface area contributed by atoms with Crippen LogP contribution >= 0.6 is 0 Å². The minimum Gasteiger partial charge on any atom is -0.396 e. The summed E-state index contributed by atoms with van der Waals surface area (Å²) in [6, 6.07) is 5.71. The Hall–Kier alpha value is -1.75. The molecule has 1 atom stereocenters. The van der Waals surface area contributed by atoms with Crippen LogP contribution in [0, 0.1) is 5.92 Å². The summed E-state index contributed by atoms with van der Waals surface area (Å²) in [5.41, 5.74) is 0.801. The van der Waals surface area contributed by atoms with E-state index >= 15 is 0 Å². The molecule has 0 amide bonds. The molecular weight excluding hydrogens is 216 g/mol. The van der Waals surface area contributed by atoms with Gasteiger partial charge >= 0.3 is 0 Å². The second kappa shape index (κ2) is 4.25. The number of aliphatic hydroxyl groups is 1. The number of aliphatic hydroxyl groups excluding tert-OH is 1. The van der Waals surface area contributed by atoms with Crippen LogP contribution in [0.15, 0.2) is 24.4 Å². The van der Waals surface area contributed by atoms with Gasteiger partial charge in [0.2, 0.25) is 0 Å². The molecule has 5 heteroatoms. The molecule has 0 aliphatic carbocycles. The smallest absolute Gasteiger partial charge is 0.200 e. The van der Waals surface area contributed by atoms with E-state index in [0.29, 0.717) is 11.7 Å². The van der Waals surface area contributed by atoms with Crippen LogP contribution in [0.2, 0.25) is 0 Å². The van der Waals surface area contributed by atoms with Crippen LogP contribution < -0.4 is 0 Å². The maximum atomic E-state index is 9.17. The zero-order chi connectivity index (χ0) is 11.7. The maximum Gasteiger partial charge on any atom is 0.200 e. The Labute approximate surface area is 99.1 Å². The van der Waals surface area contributed by atoms with Gasteiger partial charge in [0.25, 0.3) is 0 Å². The molecule has 1 N–H and O–H groups in total. The molecular formula is C12H14N4O. The minimum absolute atomic E-state index is 0.228. The van der Waals surface area contributed by atoms with Crippen molar-refractivity contribution >= 4 is 0 Å². The summed E-state index contributed by atoms with van der Waals surface area (Å²) in [4.78, 5) is 8.74. The van der Waals surface area contributed by atoms with E-state index in [-0.39, 0.29) is 6.61 Å². The molecule has 3 heterocycles. The topological polar surface area (TPSA) is 63.8 Å². The Morgan fingerprint density at radius 2 is 2.35 bits per heavy atom. The molecule has 1 unspecified atom stereocenters. The van der Waals surface area contributed by atoms with Gasteiger partial charge < -0.3 is 5.11 Å². The minimum atomic E-state index is 0.228. The van der Waals surface area contributed by atoms with Crippen LogP contribution in [-0.2, 0) is 13.0 Å². The lowest BCUT2D eigenvalue weighted by Crippen LogP contribution is -2.22. The molecule has 3 rings (SSSR count). The molecule has 1 aliphatic heterocycles. The number of aromatic nitrogens is 4. The second-order valence-electron chi connectivity index (χ2n) is 4.33. The number of aryl methyl sites for hydroxylation is 1. The normalized spacial score (nSPS) is 19.0. The van der Waals surface area contributed by atoms with E-state index in [9.17, 15) is 5.11 Å². The molecule has 2 aromatic rings. The molecule has 0 fully saturated rings. The SMILES string of the molecule is OCC1CCn2nc(-c3ccccn3)nc2C1. The summed E-state index contributed by atoms with van der Waals surface area (Å²) in [5.74, 6) is 1.96. The largest absolute Gasteiger partial charge is 0.396 e. The molecule has 17 heavy (non-hydrogen) atoms. The van der Waals surface area contributed by atoms with E-state index in [0.717, 1.165) is 30.9 Å². The fraction of sp³-hybridized carbons (Fsp3) is 0.417. The predicted molar refractivity (Wildman–Crippen MR) is 62.1 cm³/mol.